The van der Waals surface area contributed by atoms with Crippen LogP contribution in [-0.4, -0.2) is 17.4 Å². The molecule has 3 heteroatoms. The summed E-state index contributed by atoms with van der Waals surface area (Å²) in [6, 6.07) is 0. The first-order valence-electron chi connectivity index (χ1n) is 8.00. The maximum absolute atomic E-state index is 11.8. The fourth-order valence-corrected chi connectivity index (χ4v) is 2.51. The van der Waals surface area contributed by atoms with Crippen LogP contribution in [0.5, 0.6) is 0 Å². The fraction of sp³-hybridized carbons (Fsp3) is 0.938. The Kier molecular flexibility index (Phi) is 14.3. The van der Waals surface area contributed by atoms with Crippen molar-refractivity contribution in [2.75, 3.05) is 5.33 Å². The van der Waals surface area contributed by atoms with Gasteiger partial charge in [-0.2, -0.15) is 0 Å². The molecule has 0 aliphatic heterocycles. The summed E-state index contributed by atoms with van der Waals surface area (Å²) in [5.41, 5.74) is 0. The van der Waals surface area contributed by atoms with Gasteiger partial charge in [-0.05, 0) is 38.5 Å². The van der Waals surface area contributed by atoms with Crippen molar-refractivity contribution in [2.24, 2.45) is 0 Å². The fourth-order valence-electron chi connectivity index (χ4n) is 2.11. The Bertz CT molecular complexity index is 197. The molecule has 0 rings (SSSR count). The Morgan fingerprint density at radius 3 is 2.00 bits per heavy atom. The quantitative estimate of drug-likeness (QED) is 0.248. The summed E-state index contributed by atoms with van der Waals surface area (Å²) in [7, 11) is 0. The molecule has 0 saturated heterocycles. The Morgan fingerprint density at radius 1 is 0.947 bits per heavy atom. The van der Waals surface area contributed by atoms with E-state index >= 15 is 0 Å². The zero-order valence-corrected chi connectivity index (χ0v) is 14.3. The number of alkyl halides is 1. The van der Waals surface area contributed by atoms with Gasteiger partial charge in [0.2, 0.25) is 0 Å². The van der Waals surface area contributed by atoms with Gasteiger partial charge < -0.3 is 4.74 Å². The Labute approximate surface area is 127 Å². The molecule has 0 aliphatic rings. The summed E-state index contributed by atoms with van der Waals surface area (Å²) in [4.78, 5) is 11.8. The summed E-state index contributed by atoms with van der Waals surface area (Å²) in [6.45, 7) is 4.41. The number of carbonyl (C=O) groups is 1. The molecule has 0 aromatic carbocycles. The van der Waals surface area contributed by atoms with Gasteiger partial charge in [0.1, 0.15) is 6.10 Å². The lowest BCUT2D eigenvalue weighted by Crippen LogP contribution is -2.18. The zero-order valence-electron chi connectivity index (χ0n) is 12.8. The molecule has 0 spiro atoms. The van der Waals surface area contributed by atoms with Crippen LogP contribution in [-0.2, 0) is 9.53 Å². The molecule has 0 N–H and O–H groups in total. The molecule has 0 unspecified atom stereocenters. The average molecular weight is 335 g/mol. The SMILES string of the molecule is CCCCCC(CCCCC)OC(=O)CCCCBr. The van der Waals surface area contributed by atoms with Gasteiger partial charge >= 0.3 is 5.97 Å². The highest BCUT2D eigenvalue weighted by atomic mass is 79.9. The molecular weight excluding hydrogens is 304 g/mol. The van der Waals surface area contributed by atoms with Gasteiger partial charge in [0.15, 0.2) is 0 Å². The molecule has 0 atom stereocenters. The minimum atomic E-state index is -0.000975. The van der Waals surface area contributed by atoms with E-state index in [1.807, 2.05) is 0 Å². The van der Waals surface area contributed by atoms with Crippen LogP contribution in [0.2, 0.25) is 0 Å². The van der Waals surface area contributed by atoms with Gasteiger partial charge in [0.05, 0.1) is 0 Å². The topological polar surface area (TPSA) is 26.3 Å². The van der Waals surface area contributed by atoms with Crippen LogP contribution in [0.15, 0.2) is 0 Å². The molecule has 0 heterocycles. The van der Waals surface area contributed by atoms with E-state index in [0.29, 0.717) is 6.42 Å². The predicted molar refractivity (Wildman–Crippen MR) is 85.8 cm³/mol. The molecule has 0 radical (unpaired) electrons. The van der Waals surface area contributed by atoms with Crippen LogP contribution in [0.3, 0.4) is 0 Å². The highest BCUT2D eigenvalue weighted by Crippen LogP contribution is 2.15. The van der Waals surface area contributed by atoms with E-state index in [1.165, 1.54) is 38.5 Å². The van der Waals surface area contributed by atoms with Crippen molar-refractivity contribution < 1.29 is 9.53 Å². The number of unbranched alkanes of at least 4 members (excludes halogenated alkanes) is 5. The van der Waals surface area contributed by atoms with E-state index in [2.05, 4.69) is 29.8 Å². The van der Waals surface area contributed by atoms with Crippen LogP contribution in [0.4, 0.5) is 0 Å². The maximum Gasteiger partial charge on any atom is 0.306 e. The summed E-state index contributed by atoms with van der Waals surface area (Å²) in [5, 5.41) is 0.969. The largest absolute Gasteiger partial charge is 0.462 e. The van der Waals surface area contributed by atoms with E-state index in [0.717, 1.165) is 31.0 Å². The van der Waals surface area contributed by atoms with Crippen molar-refractivity contribution in [3.05, 3.63) is 0 Å². The first-order chi connectivity index (χ1) is 9.24. The Balaban J connectivity index is 3.89. The van der Waals surface area contributed by atoms with Crippen molar-refractivity contribution in [1.82, 2.24) is 0 Å². The second-order valence-corrected chi connectivity index (χ2v) is 6.04. The average Bonchev–Trinajstić information content (AvgIpc) is 2.39. The van der Waals surface area contributed by atoms with E-state index in [1.54, 1.807) is 0 Å². The Morgan fingerprint density at radius 2 is 1.53 bits per heavy atom. The molecule has 114 valence electrons. The third-order valence-corrected chi connectivity index (χ3v) is 3.88. The highest BCUT2D eigenvalue weighted by Gasteiger charge is 2.13. The van der Waals surface area contributed by atoms with Crippen LogP contribution in [0.1, 0.15) is 84.5 Å². The van der Waals surface area contributed by atoms with Crippen molar-refractivity contribution >= 4 is 21.9 Å². The van der Waals surface area contributed by atoms with E-state index < -0.39 is 0 Å². The molecular formula is C16H31BrO2. The predicted octanol–water partition coefficient (Wildman–Crippen LogP) is 5.62. The van der Waals surface area contributed by atoms with Crippen molar-refractivity contribution in [3.63, 3.8) is 0 Å². The van der Waals surface area contributed by atoms with Crippen LogP contribution in [0, 0.1) is 0 Å². The van der Waals surface area contributed by atoms with Crippen LogP contribution >= 0.6 is 15.9 Å². The Hall–Kier alpha value is -0.0500. The third kappa shape index (κ3) is 12.7. The van der Waals surface area contributed by atoms with Crippen molar-refractivity contribution in [3.8, 4) is 0 Å². The highest BCUT2D eigenvalue weighted by molar-refractivity contribution is 9.09. The number of rotatable bonds is 13. The number of carbonyl (C=O) groups excluding carboxylic acids is 1. The molecule has 2 nitrogen and oxygen atoms in total. The first kappa shape index (κ1) is 18.9. The normalized spacial score (nSPS) is 10.9. The number of hydrogen-bond acceptors (Lipinski definition) is 2. The molecule has 0 aliphatic carbocycles. The maximum atomic E-state index is 11.8. The van der Waals surface area contributed by atoms with E-state index in [4.69, 9.17) is 4.74 Å². The summed E-state index contributed by atoms with van der Waals surface area (Å²) >= 11 is 3.38. The minimum Gasteiger partial charge on any atom is -0.462 e. The lowest BCUT2D eigenvalue weighted by atomic mass is 10.0. The summed E-state index contributed by atoms with van der Waals surface area (Å²) < 4.78 is 5.64. The van der Waals surface area contributed by atoms with E-state index in [9.17, 15) is 4.79 Å². The second kappa shape index (κ2) is 14.4. The van der Waals surface area contributed by atoms with Gasteiger partial charge in [-0.15, -0.1) is 0 Å². The molecule has 0 aromatic heterocycles. The van der Waals surface area contributed by atoms with Crippen molar-refractivity contribution in [2.45, 2.75) is 90.6 Å². The van der Waals surface area contributed by atoms with Gasteiger partial charge in [-0.3, -0.25) is 4.79 Å². The number of halogens is 1. The second-order valence-electron chi connectivity index (χ2n) is 5.25. The van der Waals surface area contributed by atoms with E-state index in [-0.39, 0.29) is 12.1 Å². The zero-order chi connectivity index (χ0) is 14.3. The summed E-state index contributed by atoms with van der Waals surface area (Å²) in [6.07, 6.45) is 12.1. The molecule has 0 bridgehead atoms. The molecule has 0 aromatic rings. The molecule has 0 saturated carbocycles. The van der Waals surface area contributed by atoms with Crippen LogP contribution < -0.4 is 0 Å². The number of ether oxygens (including phenoxy) is 1. The number of esters is 1. The standard InChI is InChI=1S/C16H31BrO2/c1-3-5-7-11-15(12-8-6-4-2)19-16(18)13-9-10-14-17/h15H,3-14H2,1-2H3. The van der Waals surface area contributed by atoms with Gasteiger partial charge in [0, 0.05) is 11.8 Å². The van der Waals surface area contributed by atoms with Crippen molar-refractivity contribution in [1.29, 1.82) is 0 Å². The lowest BCUT2D eigenvalue weighted by Gasteiger charge is -2.18. The minimum absolute atomic E-state index is 0.000975. The first-order valence-corrected chi connectivity index (χ1v) is 9.12. The molecule has 0 amide bonds. The third-order valence-electron chi connectivity index (χ3n) is 3.32. The van der Waals surface area contributed by atoms with Crippen LogP contribution in [0.25, 0.3) is 0 Å². The molecule has 19 heavy (non-hydrogen) atoms. The number of hydrogen-bond donors (Lipinski definition) is 0. The summed E-state index contributed by atoms with van der Waals surface area (Å²) in [5.74, 6) is -0.000975. The van der Waals surface area contributed by atoms with Gasteiger partial charge in [-0.25, -0.2) is 0 Å². The van der Waals surface area contributed by atoms with Gasteiger partial charge in [-0.1, -0.05) is 55.5 Å². The molecule has 0 fully saturated rings. The van der Waals surface area contributed by atoms with Gasteiger partial charge in [0.25, 0.3) is 0 Å². The monoisotopic (exact) mass is 334 g/mol. The lowest BCUT2D eigenvalue weighted by molar-refractivity contribution is -0.150. The smallest absolute Gasteiger partial charge is 0.306 e.